The van der Waals surface area contributed by atoms with Crippen LogP contribution >= 0.6 is 0 Å². The van der Waals surface area contributed by atoms with E-state index in [2.05, 4.69) is 15.2 Å². The van der Waals surface area contributed by atoms with Crippen molar-refractivity contribution in [3.63, 3.8) is 0 Å². The van der Waals surface area contributed by atoms with Gasteiger partial charge in [0.15, 0.2) is 0 Å². The van der Waals surface area contributed by atoms with Gasteiger partial charge in [-0.05, 0) is 18.6 Å². The summed E-state index contributed by atoms with van der Waals surface area (Å²) in [6.45, 7) is 1.84. The minimum atomic E-state index is -0.130. The van der Waals surface area contributed by atoms with Crippen LogP contribution in [0.4, 0.5) is 0 Å². The van der Waals surface area contributed by atoms with Crippen LogP contribution < -0.4 is 0 Å². The molecule has 0 aliphatic carbocycles. The molecule has 0 saturated carbocycles. The fraction of sp³-hybridized carbons (Fsp3) is 0.200. The fourth-order valence-corrected chi connectivity index (χ4v) is 1.34. The number of aryl methyl sites for hydroxylation is 2. The van der Waals surface area contributed by atoms with Crippen LogP contribution in [0.15, 0.2) is 24.8 Å². The average molecular weight is 202 g/mol. The number of hydrogen-bond donors (Lipinski definition) is 0. The van der Waals surface area contributed by atoms with Crippen LogP contribution in [0.3, 0.4) is 0 Å². The largest absolute Gasteiger partial charge is 0.314 e. The molecule has 0 amide bonds. The predicted octanol–water partition coefficient (Wildman–Crippen LogP) is 0.750. The molecule has 2 rings (SSSR count). The first-order valence-corrected chi connectivity index (χ1v) is 4.49. The Hall–Kier alpha value is -2.04. The quantitative estimate of drug-likeness (QED) is 0.674. The summed E-state index contributed by atoms with van der Waals surface area (Å²) < 4.78 is 1.60. The van der Waals surface area contributed by atoms with E-state index in [1.165, 1.54) is 6.33 Å². The van der Waals surface area contributed by atoms with Gasteiger partial charge >= 0.3 is 0 Å². The first-order chi connectivity index (χ1) is 7.20. The highest BCUT2D eigenvalue weighted by Crippen LogP contribution is 2.10. The third-order valence-electron chi connectivity index (χ3n) is 2.18. The maximum absolute atomic E-state index is 12.0. The molecule has 0 aromatic carbocycles. The van der Waals surface area contributed by atoms with Crippen molar-refractivity contribution in [3.8, 4) is 0 Å². The second-order valence-electron chi connectivity index (χ2n) is 3.29. The average Bonchev–Trinajstić information content (AvgIpc) is 2.64. The summed E-state index contributed by atoms with van der Waals surface area (Å²) in [6.07, 6.45) is 4.75. The van der Waals surface area contributed by atoms with Gasteiger partial charge in [0.25, 0.3) is 0 Å². The Morgan fingerprint density at radius 1 is 1.47 bits per heavy atom. The third kappa shape index (κ3) is 1.63. The standard InChI is InChI=1S/C10H10N4O/c1-7-5-11-4-3-8(7)9(15)10-13-12-6-14(10)2/h3-6H,1-2H3. The van der Waals surface area contributed by atoms with Gasteiger partial charge < -0.3 is 4.57 Å². The van der Waals surface area contributed by atoms with E-state index in [9.17, 15) is 4.79 Å². The molecule has 2 heterocycles. The Kier molecular flexibility index (Phi) is 2.29. The minimum absolute atomic E-state index is 0.130. The summed E-state index contributed by atoms with van der Waals surface area (Å²) in [5.41, 5.74) is 1.45. The molecule has 5 heteroatoms. The van der Waals surface area contributed by atoms with Crippen molar-refractivity contribution in [2.24, 2.45) is 7.05 Å². The molecule has 0 fully saturated rings. The van der Waals surface area contributed by atoms with Gasteiger partial charge in [-0.1, -0.05) is 0 Å². The van der Waals surface area contributed by atoms with Crippen LogP contribution in [0, 0.1) is 6.92 Å². The lowest BCUT2D eigenvalue weighted by molar-refractivity contribution is 0.102. The van der Waals surface area contributed by atoms with Crippen molar-refractivity contribution in [2.75, 3.05) is 0 Å². The van der Waals surface area contributed by atoms with Crippen LogP contribution in [0.25, 0.3) is 0 Å². The zero-order valence-corrected chi connectivity index (χ0v) is 8.51. The zero-order chi connectivity index (χ0) is 10.8. The van der Waals surface area contributed by atoms with E-state index in [4.69, 9.17) is 0 Å². The van der Waals surface area contributed by atoms with Crippen molar-refractivity contribution < 1.29 is 4.79 Å². The number of carbonyl (C=O) groups excluding carboxylic acids is 1. The summed E-state index contributed by atoms with van der Waals surface area (Å²) in [6, 6.07) is 1.69. The van der Waals surface area contributed by atoms with Crippen LogP contribution in [0.2, 0.25) is 0 Å². The molecule has 2 aromatic rings. The zero-order valence-electron chi connectivity index (χ0n) is 8.51. The molecular formula is C10H10N4O. The van der Waals surface area contributed by atoms with Crippen molar-refractivity contribution in [3.05, 3.63) is 41.7 Å². The van der Waals surface area contributed by atoms with Crippen LogP contribution in [-0.2, 0) is 7.05 Å². The van der Waals surface area contributed by atoms with Crippen LogP contribution in [0.5, 0.6) is 0 Å². The lowest BCUT2D eigenvalue weighted by Gasteiger charge is -2.02. The normalized spacial score (nSPS) is 10.3. The number of carbonyl (C=O) groups is 1. The summed E-state index contributed by atoms with van der Waals surface area (Å²) in [7, 11) is 1.74. The van der Waals surface area contributed by atoms with Crippen LogP contribution in [0.1, 0.15) is 21.7 Å². The van der Waals surface area contributed by atoms with Gasteiger partial charge in [-0.25, -0.2) is 0 Å². The highest BCUT2D eigenvalue weighted by atomic mass is 16.1. The van der Waals surface area contributed by atoms with Gasteiger partial charge in [-0.15, -0.1) is 10.2 Å². The van der Waals surface area contributed by atoms with Gasteiger partial charge in [0.1, 0.15) is 6.33 Å². The molecule has 0 aliphatic heterocycles. The minimum Gasteiger partial charge on any atom is -0.314 e. The summed E-state index contributed by atoms with van der Waals surface area (Å²) >= 11 is 0. The number of hydrogen-bond acceptors (Lipinski definition) is 4. The molecule has 0 aliphatic rings. The third-order valence-corrected chi connectivity index (χ3v) is 2.18. The number of rotatable bonds is 2. The molecule has 0 radical (unpaired) electrons. The van der Waals surface area contributed by atoms with E-state index in [-0.39, 0.29) is 5.78 Å². The van der Waals surface area contributed by atoms with Crippen molar-refractivity contribution in [1.29, 1.82) is 0 Å². The Morgan fingerprint density at radius 3 is 2.87 bits per heavy atom. The second kappa shape index (κ2) is 3.61. The molecule has 76 valence electrons. The van der Waals surface area contributed by atoms with Gasteiger partial charge in [-0.2, -0.15) is 0 Å². The molecule has 0 unspecified atom stereocenters. The lowest BCUT2D eigenvalue weighted by Crippen LogP contribution is -2.10. The van der Waals surface area contributed by atoms with E-state index >= 15 is 0 Å². The lowest BCUT2D eigenvalue weighted by atomic mass is 10.1. The number of aromatic nitrogens is 4. The maximum Gasteiger partial charge on any atom is 0.230 e. The molecule has 0 saturated heterocycles. The van der Waals surface area contributed by atoms with Crippen molar-refractivity contribution >= 4 is 5.78 Å². The second-order valence-corrected chi connectivity index (χ2v) is 3.29. The van der Waals surface area contributed by atoms with E-state index < -0.39 is 0 Å². The molecule has 2 aromatic heterocycles. The van der Waals surface area contributed by atoms with Gasteiger partial charge in [0.05, 0.1) is 0 Å². The summed E-state index contributed by atoms with van der Waals surface area (Å²) in [4.78, 5) is 15.9. The fourth-order valence-electron chi connectivity index (χ4n) is 1.34. The topological polar surface area (TPSA) is 60.7 Å². The molecule has 0 atom stereocenters. The van der Waals surface area contributed by atoms with Gasteiger partial charge in [0, 0.05) is 25.0 Å². The smallest absolute Gasteiger partial charge is 0.230 e. The Labute approximate surface area is 86.8 Å². The molecule has 15 heavy (non-hydrogen) atoms. The van der Waals surface area contributed by atoms with E-state index in [1.54, 1.807) is 30.1 Å². The van der Waals surface area contributed by atoms with E-state index in [0.717, 1.165) is 5.56 Å². The molecule has 0 bridgehead atoms. The highest BCUT2D eigenvalue weighted by molar-refractivity contribution is 6.07. The molecule has 5 nitrogen and oxygen atoms in total. The first-order valence-electron chi connectivity index (χ1n) is 4.49. The van der Waals surface area contributed by atoms with Gasteiger partial charge in [0.2, 0.25) is 11.6 Å². The highest BCUT2D eigenvalue weighted by Gasteiger charge is 2.16. The summed E-state index contributed by atoms with van der Waals surface area (Å²) in [5.74, 6) is 0.208. The van der Waals surface area contributed by atoms with Crippen LogP contribution in [-0.4, -0.2) is 25.5 Å². The Bertz CT molecular complexity index is 504. The first kappa shape index (κ1) is 9.51. The number of ketones is 1. The van der Waals surface area contributed by atoms with Crippen molar-refractivity contribution in [1.82, 2.24) is 19.7 Å². The van der Waals surface area contributed by atoms with E-state index in [0.29, 0.717) is 11.4 Å². The van der Waals surface area contributed by atoms with Gasteiger partial charge in [-0.3, -0.25) is 9.78 Å². The Morgan fingerprint density at radius 2 is 2.27 bits per heavy atom. The number of nitrogens with zero attached hydrogens (tertiary/aromatic N) is 4. The predicted molar refractivity (Wildman–Crippen MR) is 53.4 cm³/mol. The van der Waals surface area contributed by atoms with E-state index in [1.807, 2.05) is 6.92 Å². The number of pyridine rings is 1. The molecular weight excluding hydrogens is 192 g/mol. The monoisotopic (exact) mass is 202 g/mol. The van der Waals surface area contributed by atoms with Crippen molar-refractivity contribution in [2.45, 2.75) is 6.92 Å². The summed E-state index contributed by atoms with van der Waals surface area (Å²) in [5, 5.41) is 7.45. The molecule has 0 spiro atoms. The molecule has 0 N–H and O–H groups in total. The maximum atomic E-state index is 12.0. The SMILES string of the molecule is Cc1cnccc1C(=O)c1nncn1C. The Balaban J connectivity index is 2.46.